The summed E-state index contributed by atoms with van der Waals surface area (Å²) in [5, 5.41) is -0.613. The molecule has 0 aliphatic rings. The Morgan fingerprint density at radius 2 is 1.58 bits per heavy atom. The summed E-state index contributed by atoms with van der Waals surface area (Å²) in [7, 11) is 0. The van der Waals surface area contributed by atoms with Gasteiger partial charge in [-0.25, -0.2) is 0 Å². The summed E-state index contributed by atoms with van der Waals surface area (Å²) in [4.78, 5) is 23.7. The SMILES string of the molecule is Cc1cccc(C(=O)Cl)c1C(=O)c1ccccc1.Cl. The van der Waals surface area contributed by atoms with E-state index in [1.165, 1.54) is 0 Å². The fourth-order valence-electron chi connectivity index (χ4n) is 1.87. The standard InChI is InChI=1S/C15H11ClO2.ClH/c1-10-6-5-9-12(15(16)18)13(10)14(17)11-7-3-2-4-8-11;/h2-9H,1H3;1H. The van der Waals surface area contributed by atoms with Gasteiger partial charge in [0, 0.05) is 16.7 Å². The smallest absolute Gasteiger partial charge is 0.253 e. The molecule has 0 amide bonds. The summed E-state index contributed by atoms with van der Waals surface area (Å²) in [5.41, 5.74) is 1.93. The van der Waals surface area contributed by atoms with E-state index in [0.29, 0.717) is 11.1 Å². The van der Waals surface area contributed by atoms with Crippen LogP contribution >= 0.6 is 24.0 Å². The number of carbonyl (C=O) groups is 2. The summed E-state index contributed by atoms with van der Waals surface area (Å²) < 4.78 is 0. The van der Waals surface area contributed by atoms with Gasteiger partial charge in [-0.15, -0.1) is 12.4 Å². The number of hydrogen-bond acceptors (Lipinski definition) is 2. The summed E-state index contributed by atoms with van der Waals surface area (Å²) >= 11 is 5.52. The minimum absolute atomic E-state index is 0. The third kappa shape index (κ3) is 3.22. The second-order valence-corrected chi connectivity index (χ2v) is 4.31. The van der Waals surface area contributed by atoms with Gasteiger partial charge >= 0.3 is 0 Å². The van der Waals surface area contributed by atoms with Gasteiger partial charge in [0.2, 0.25) is 0 Å². The summed E-state index contributed by atoms with van der Waals surface area (Å²) in [6, 6.07) is 13.9. The van der Waals surface area contributed by atoms with Gasteiger partial charge in [-0.2, -0.15) is 0 Å². The molecule has 0 atom stereocenters. The lowest BCUT2D eigenvalue weighted by Gasteiger charge is -2.08. The number of halogens is 2. The molecular weight excluding hydrogens is 283 g/mol. The molecule has 0 unspecified atom stereocenters. The zero-order valence-electron chi connectivity index (χ0n) is 10.2. The Morgan fingerprint density at radius 1 is 0.947 bits per heavy atom. The lowest BCUT2D eigenvalue weighted by atomic mass is 9.95. The maximum absolute atomic E-state index is 12.4. The molecule has 0 aromatic heterocycles. The van der Waals surface area contributed by atoms with Crippen LogP contribution in [0.15, 0.2) is 48.5 Å². The average molecular weight is 295 g/mol. The maximum atomic E-state index is 12.4. The molecule has 0 fully saturated rings. The van der Waals surface area contributed by atoms with Crippen molar-refractivity contribution in [3.8, 4) is 0 Å². The zero-order chi connectivity index (χ0) is 13.1. The van der Waals surface area contributed by atoms with E-state index < -0.39 is 5.24 Å². The van der Waals surface area contributed by atoms with E-state index in [0.717, 1.165) is 5.56 Å². The average Bonchev–Trinajstić information content (AvgIpc) is 2.38. The third-order valence-corrected chi connectivity index (χ3v) is 2.95. The molecule has 2 nitrogen and oxygen atoms in total. The molecule has 4 heteroatoms. The second kappa shape index (κ2) is 6.50. The van der Waals surface area contributed by atoms with Crippen LogP contribution in [-0.4, -0.2) is 11.0 Å². The van der Waals surface area contributed by atoms with E-state index in [1.807, 2.05) is 6.07 Å². The third-order valence-electron chi connectivity index (χ3n) is 2.75. The van der Waals surface area contributed by atoms with Crippen LogP contribution in [-0.2, 0) is 0 Å². The molecule has 0 aliphatic carbocycles. The van der Waals surface area contributed by atoms with Gasteiger partial charge in [0.15, 0.2) is 5.78 Å². The van der Waals surface area contributed by atoms with Crippen LogP contribution in [0.3, 0.4) is 0 Å². The maximum Gasteiger partial charge on any atom is 0.253 e. The first-order valence-corrected chi connectivity index (χ1v) is 5.88. The second-order valence-electron chi connectivity index (χ2n) is 3.97. The Bertz CT molecular complexity index is 607. The Balaban J connectivity index is 0.00000180. The van der Waals surface area contributed by atoms with Crippen molar-refractivity contribution in [1.29, 1.82) is 0 Å². The molecule has 0 heterocycles. The fourth-order valence-corrected chi connectivity index (χ4v) is 2.02. The first-order chi connectivity index (χ1) is 8.61. The number of carbonyl (C=O) groups excluding carboxylic acids is 2. The highest BCUT2D eigenvalue weighted by atomic mass is 35.5. The van der Waals surface area contributed by atoms with Gasteiger partial charge in [0.25, 0.3) is 5.24 Å². The molecular formula is C15H12Cl2O2. The monoisotopic (exact) mass is 294 g/mol. The van der Waals surface area contributed by atoms with Crippen LogP contribution in [0, 0.1) is 6.92 Å². The Labute approximate surface area is 122 Å². The topological polar surface area (TPSA) is 34.1 Å². The van der Waals surface area contributed by atoms with Crippen LogP contribution < -0.4 is 0 Å². The summed E-state index contributed by atoms with van der Waals surface area (Å²) in [5.74, 6) is -0.183. The summed E-state index contributed by atoms with van der Waals surface area (Å²) in [6.45, 7) is 1.79. The van der Waals surface area contributed by atoms with Gasteiger partial charge in [-0.05, 0) is 30.2 Å². The van der Waals surface area contributed by atoms with Gasteiger partial charge in [-0.3, -0.25) is 9.59 Å². The highest BCUT2D eigenvalue weighted by Gasteiger charge is 2.18. The Hall–Kier alpha value is -1.64. The zero-order valence-corrected chi connectivity index (χ0v) is 11.8. The first kappa shape index (κ1) is 15.4. The minimum atomic E-state index is -0.613. The molecule has 0 bridgehead atoms. The van der Waals surface area contributed by atoms with E-state index in [1.54, 1.807) is 49.4 Å². The van der Waals surface area contributed by atoms with Crippen molar-refractivity contribution in [2.75, 3.05) is 0 Å². The van der Waals surface area contributed by atoms with Gasteiger partial charge in [0.05, 0.1) is 0 Å². The number of hydrogen-bond donors (Lipinski definition) is 0. The molecule has 2 rings (SSSR count). The van der Waals surface area contributed by atoms with Crippen LogP contribution in [0.5, 0.6) is 0 Å². The Kier molecular flexibility index (Phi) is 5.28. The van der Waals surface area contributed by atoms with Crippen LogP contribution in [0.2, 0.25) is 0 Å². The largest absolute Gasteiger partial charge is 0.289 e. The number of rotatable bonds is 3. The minimum Gasteiger partial charge on any atom is -0.289 e. The predicted octanol–water partition coefficient (Wildman–Crippen LogP) is 4.03. The molecule has 2 aromatic carbocycles. The molecule has 2 aromatic rings. The van der Waals surface area contributed by atoms with Crippen molar-refractivity contribution in [3.63, 3.8) is 0 Å². The van der Waals surface area contributed by atoms with Crippen LogP contribution in [0.25, 0.3) is 0 Å². The molecule has 0 saturated heterocycles. The van der Waals surface area contributed by atoms with E-state index in [4.69, 9.17) is 11.6 Å². The molecule has 0 N–H and O–H groups in total. The molecule has 19 heavy (non-hydrogen) atoms. The van der Waals surface area contributed by atoms with Crippen molar-refractivity contribution in [2.24, 2.45) is 0 Å². The van der Waals surface area contributed by atoms with Gasteiger partial charge in [0.1, 0.15) is 0 Å². The first-order valence-electron chi connectivity index (χ1n) is 5.50. The molecule has 0 radical (unpaired) electrons. The van der Waals surface area contributed by atoms with E-state index >= 15 is 0 Å². The van der Waals surface area contributed by atoms with Crippen LogP contribution in [0.4, 0.5) is 0 Å². The van der Waals surface area contributed by atoms with E-state index in [9.17, 15) is 9.59 Å². The van der Waals surface area contributed by atoms with Gasteiger partial charge < -0.3 is 0 Å². The molecule has 0 aliphatic heterocycles. The van der Waals surface area contributed by atoms with E-state index in [-0.39, 0.29) is 23.8 Å². The highest BCUT2D eigenvalue weighted by Crippen LogP contribution is 2.20. The molecule has 0 saturated carbocycles. The highest BCUT2D eigenvalue weighted by molar-refractivity contribution is 6.68. The summed E-state index contributed by atoms with van der Waals surface area (Å²) in [6.07, 6.45) is 0. The van der Waals surface area contributed by atoms with Crippen molar-refractivity contribution in [3.05, 3.63) is 70.8 Å². The lowest BCUT2D eigenvalue weighted by molar-refractivity contribution is 0.102. The molecule has 0 spiro atoms. The van der Waals surface area contributed by atoms with Crippen molar-refractivity contribution in [2.45, 2.75) is 6.92 Å². The van der Waals surface area contributed by atoms with E-state index in [2.05, 4.69) is 0 Å². The van der Waals surface area contributed by atoms with Gasteiger partial charge in [-0.1, -0.05) is 42.5 Å². The van der Waals surface area contributed by atoms with Crippen molar-refractivity contribution in [1.82, 2.24) is 0 Å². The quantitative estimate of drug-likeness (QED) is 0.633. The number of benzene rings is 2. The molecule has 98 valence electrons. The van der Waals surface area contributed by atoms with Crippen molar-refractivity contribution < 1.29 is 9.59 Å². The fraction of sp³-hybridized carbons (Fsp3) is 0.0667. The Morgan fingerprint density at radius 3 is 2.16 bits per heavy atom. The normalized spacial score (nSPS) is 9.58. The van der Waals surface area contributed by atoms with Crippen molar-refractivity contribution >= 4 is 35.0 Å². The lowest BCUT2D eigenvalue weighted by Crippen LogP contribution is -2.09. The number of aryl methyl sites for hydroxylation is 1. The predicted molar refractivity (Wildman–Crippen MR) is 78.5 cm³/mol. The number of ketones is 1. The van der Waals surface area contributed by atoms with Crippen LogP contribution in [0.1, 0.15) is 31.8 Å².